The van der Waals surface area contributed by atoms with E-state index in [4.69, 9.17) is 18.9 Å². The van der Waals surface area contributed by atoms with Crippen molar-refractivity contribution in [2.75, 3.05) is 13.2 Å². The van der Waals surface area contributed by atoms with Gasteiger partial charge in [-0.2, -0.15) is 0 Å². The van der Waals surface area contributed by atoms with Crippen LogP contribution in [-0.2, 0) is 9.47 Å². The third kappa shape index (κ3) is 7.90. The van der Waals surface area contributed by atoms with Gasteiger partial charge < -0.3 is 0 Å². The number of rotatable bonds is 12. The topological polar surface area (TPSA) is 36.9 Å². The molecular weight excluding hydrogens is 830 g/mol. The summed E-state index contributed by atoms with van der Waals surface area (Å²) in [4.78, 5) is 0. The number of hydrogen-bond donors (Lipinski definition) is 0. The predicted octanol–water partition coefficient (Wildman–Crippen LogP) is 7.97. The Morgan fingerprint density at radius 1 is 0.590 bits per heavy atom. The third-order valence-corrected chi connectivity index (χ3v) is 24.5. The van der Waals surface area contributed by atoms with Crippen molar-refractivity contribution in [3.63, 3.8) is 0 Å². The molecule has 0 fully saturated rings. The average molecular weight is 864 g/mol. The van der Waals surface area contributed by atoms with Crippen molar-refractivity contribution in [3.8, 4) is 33.8 Å². The van der Waals surface area contributed by atoms with Gasteiger partial charge in [0, 0.05) is 0 Å². The van der Waals surface area contributed by atoms with E-state index < -0.39 is 10.3 Å². The van der Waals surface area contributed by atoms with E-state index in [1.807, 2.05) is 39.8 Å². The van der Waals surface area contributed by atoms with Crippen LogP contribution >= 0.6 is 37.4 Å². The number of benzene rings is 4. The van der Waals surface area contributed by atoms with Crippen LogP contribution < -0.4 is 16.7 Å². The Bertz CT molecular complexity index is 1250. The third-order valence-electron chi connectivity index (χ3n) is 6.05. The fourth-order valence-corrected chi connectivity index (χ4v) is 15.3. The van der Waals surface area contributed by atoms with E-state index in [9.17, 15) is 0 Å². The average Bonchev–Trinajstić information content (AvgIpc) is 2.94. The molecule has 0 aliphatic carbocycles. The van der Waals surface area contributed by atoms with Crippen LogP contribution in [-0.4, -0.2) is 36.1 Å². The molecule has 0 saturated carbocycles. The van der Waals surface area contributed by atoms with Crippen molar-refractivity contribution < 1.29 is 18.9 Å². The number of ether oxygens (including phenoxy) is 4. The summed E-state index contributed by atoms with van der Waals surface area (Å²) in [7, 11) is -2.84. The maximum atomic E-state index is 6.23. The minimum atomic E-state index is -2.84. The van der Waals surface area contributed by atoms with Crippen LogP contribution in [0.25, 0.3) is 22.3 Å². The molecule has 4 aromatic rings. The first kappa shape index (κ1) is 30.6. The van der Waals surface area contributed by atoms with E-state index in [-0.39, 0.29) is 12.6 Å². The second kappa shape index (κ2) is 14.5. The summed E-state index contributed by atoms with van der Waals surface area (Å²) in [6.07, 6.45) is -0.650. The van der Waals surface area contributed by atoms with Crippen LogP contribution in [0.3, 0.4) is 0 Å². The molecule has 4 nitrogen and oxygen atoms in total. The monoisotopic (exact) mass is 866 g/mol. The quantitative estimate of drug-likeness (QED) is 0.0824. The van der Waals surface area contributed by atoms with Gasteiger partial charge in [0.1, 0.15) is 0 Å². The summed E-state index contributed by atoms with van der Waals surface area (Å²) >= 11 is 5.45. The summed E-state index contributed by atoms with van der Waals surface area (Å²) in [6, 6.07) is 34.1. The molecule has 39 heavy (non-hydrogen) atoms. The molecule has 4 aromatic carbocycles. The van der Waals surface area contributed by atoms with Gasteiger partial charge in [-0.05, 0) is 0 Å². The van der Waals surface area contributed by atoms with Gasteiger partial charge in [-0.25, -0.2) is 0 Å². The molecule has 2 unspecified atom stereocenters. The van der Waals surface area contributed by atoms with Crippen molar-refractivity contribution in [3.05, 3.63) is 97.1 Å². The molecule has 0 aliphatic rings. The standard InChI is InChI=1S/C32H34I2O4Te/c1-5-35-23(3)37-31-19-17-27(21-29(31)25-13-9-7-10-14-25)39(33,34)28-18-20-32(38-24(4)36-6-2)30(22-28)26-15-11-8-12-16-26/h7-24H,5-6H2,1-4H3. The second-order valence-electron chi connectivity index (χ2n) is 8.80. The zero-order valence-electron chi connectivity index (χ0n) is 22.6. The Morgan fingerprint density at radius 3 is 1.33 bits per heavy atom. The Labute approximate surface area is 255 Å². The Morgan fingerprint density at radius 2 is 0.974 bits per heavy atom. The maximum absolute atomic E-state index is 6.23. The van der Waals surface area contributed by atoms with Crippen molar-refractivity contribution in [1.29, 1.82) is 0 Å². The van der Waals surface area contributed by atoms with Gasteiger partial charge in [0.05, 0.1) is 0 Å². The van der Waals surface area contributed by atoms with Crippen LogP contribution in [0.15, 0.2) is 97.1 Å². The van der Waals surface area contributed by atoms with Gasteiger partial charge >= 0.3 is 258 Å². The van der Waals surface area contributed by atoms with Gasteiger partial charge in [0.25, 0.3) is 0 Å². The molecule has 7 heteroatoms. The summed E-state index contributed by atoms with van der Waals surface area (Å²) in [5.74, 6) is 1.66. The minimum absolute atomic E-state index is 0.325. The molecular formula is C32H34I2O4Te. The number of hydrogen-bond acceptors (Lipinski definition) is 4. The molecule has 0 bridgehead atoms. The molecule has 0 N–H and O–H groups in total. The molecule has 2 atom stereocenters. The summed E-state index contributed by atoms with van der Waals surface area (Å²) < 4.78 is 26.5. The second-order valence-corrected chi connectivity index (χ2v) is 43.2. The molecule has 0 radical (unpaired) electrons. The molecule has 0 heterocycles. The summed E-state index contributed by atoms with van der Waals surface area (Å²) in [5, 5.41) is 0. The SMILES string of the molecule is CCOC(C)Oc1ccc([Te](I)(I)c2ccc(OC(C)OCC)c(-c3ccccc3)c2)cc1-c1ccccc1. The molecule has 206 valence electrons. The van der Waals surface area contributed by atoms with Crippen LogP contribution in [0.1, 0.15) is 27.7 Å². The Kier molecular flexibility index (Phi) is 11.4. The zero-order valence-corrected chi connectivity index (χ0v) is 29.2. The Balaban J connectivity index is 1.77. The normalized spacial score (nSPS) is 13.5. The van der Waals surface area contributed by atoms with Crippen LogP contribution in [0.5, 0.6) is 11.5 Å². The molecule has 4 rings (SSSR count). The first-order chi connectivity index (χ1) is 18.8. The van der Waals surface area contributed by atoms with Crippen molar-refractivity contribution in [2.24, 2.45) is 0 Å². The van der Waals surface area contributed by atoms with Crippen molar-refractivity contribution in [1.82, 2.24) is 0 Å². The van der Waals surface area contributed by atoms with Gasteiger partial charge in [-0.1, -0.05) is 0 Å². The van der Waals surface area contributed by atoms with Gasteiger partial charge in [0.2, 0.25) is 0 Å². The fraction of sp³-hybridized carbons (Fsp3) is 0.250. The van der Waals surface area contributed by atoms with E-state index in [1.54, 1.807) is 0 Å². The molecule has 0 spiro atoms. The van der Waals surface area contributed by atoms with E-state index in [1.165, 1.54) is 7.22 Å². The van der Waals surface area contributed by atoms with Crippen LogP contribution in [0, 0.1) is 0 Å². The first-order valence-electron chi connectivity index (χ1n) is 13.0. The van der Waals surface area contributed by atoms with Crippen molar-refractivity contribution in [2.45, 2.75) is 40.3 Å². The van der Waals surface area contributed by atoms with Crippen LogP contribution in [0.2, 0.25) is 0 Å². The molecule has 0 amide bonds. The first-order valence-corrected chi connectivity index (χ1v) is 28.9. The van der Waals surface area contributed by atoms with E-state index >= 15 is 0 Å². The molecule has 0 aliphatic heterocycles. The van der Waals surface area contributed by atoms with Crippen molar-refractivity contribution >= 4 is 54.9 Å². The fourth-order valence-electron chi connectivity index (χ4n) is 4.26. The molecule has 0 saturated heterocycles. The van der Waals surface area contributed by atoms with Crippen LogP contribution in [0.4, 0.5) is 0 Å². The van der Waals surface area contributed by atoms with E-state index in [0.29, 0.717) is 13.2 Å². The summed E-state index contributed by atoms with van der Waals surface area (Å²) in [6.45, 7) is 9.04. The van der Waals surface area contributed by atoms with Gasteiger partial charge in [0.15, 0.2) is 0 Å². The number of halogens is 2. The predicted molar refractivity (Wildman–Crippen MR) is 180 cm³/mol. The van der Waals surface area contributed by atoms with E-state index in [2.05, 4.69) is 122 Å². The van der Waals surface area contributed by atoms with E-state index in [0.717, 1.165) is 33.8 Å². The van der Waals surface area contributed by atoms with Gasteiger partial charge in [-0.15, -0.1) is 0 Å². The van der Waals surface area contributed by atoms with Gasteiger partial charge in [-0.3, -0.25) is 0 Å². The summed E-state index contributed by atoms with van der Waals surface area (Å²) in [5.41, 5.74) is 4.42. The zero-order chi connectivity index (χ0) is 27.8. The Hall–Kier alpha value is -1.35. The molecule has 0 aromatic heterocycles.